The number of benzene rings is 1. The first-order valence-electron chi connectivity index (χ1n) is 9.38. The molecule has 2 amide bonds. The summed E-state index contributed by atoms with van der Waals surface area (Å²) in [5.41, 5.74) is 2.78. The van der Waals surface area contributed by atoms with Crippen LogP contribution in [0.15, 0.2) is 54.9 Å². The Morgan fingerprint density at radius 3 is 2.61 bits per heavy atom. The molecule has 0 aliphatic carbocycles. The fourth-order valence-electron chi connectivity index (χ4n) is 3.05. The van der Waals surface area contributed by atoms with E-state index in [0.29, 0.717) is 17.8 Å². The minimum atomic E-state index is -0.190. The zero-order valence-electron chi connectivity index (χ0n) is 16.3. The molecule has 144 valence electrons. The highest BCUT2D eigenvalue weighted by Gasteiger charge is 2.21. The molecule has 0 fully saturated rings. The lowest BCUT2D eigenvalue weighted by molar-refractivity contribution is -0.122. The summed E-state index contributed by atoms with van der Waals surface area (Å²) in [6, 6.07) is 13.1. The fraction of sp³-hybridized carbons (Fsp3) is 0.273. The Hall–Kier alpha value is -3.28. The molecule has 0 aliphatic heterocycles. The van der Waals surface area contributed by atoms with Crippen LogP contribution in [0.2, 0.25) is 0 Å². The highest BCUT2D eigenvalue weighted by Crippen LogP contribution is 2.25. The Kier molecular flexibility index (Phi) is 5.99. The lowest BCUT2D eigenvalue weighted by Crippen LogP contribution is -2.42. The van der Waals surface area contributed by atoms with E-state index in [1.807, 2.05) is 57.2 Å². The van der Waals surface area contributed by atoms with E-state index in [-0.39, 0.29) is 24.4 Å². The molecule has 6 heteroatoms. The number of aromatic nitrogens is 2. The fourth-order valence-corrected chi connectivity index (χ4v) is 3.05. The molecule has 0 aliphatic rings. The molecule has 1 aromatic carbocycles. The van der Waals surface area contributed by atoms with Crippen LogP contribution in [0.4, 0.5) is 0 Å². The van der Waals surface area contributed by atoms with E-state index >= 15 is 0 Å². The molecular weight excluding hydrogens is 352 g/mol. The third-order valence-corrected chi connectivity index (χ3v) is 4.36. The van der Waals surface area contributed by atoms with Crippen molar-refractivity contribution < 1.29 is 9.59 Å². The van der Waals surface area contributed by atoms with Gasteiger partial charge in [0.15, 0.2) is 0 Å². The SMILES string of the molecule is CCN(CC(=O)NC(C)C)C(=O)c1cc(-c2cccnc2)nc2ccccc12. The maximum atomic E-state index is 13.3. The van der Waals surface area contributed by atoms with Gasteiger partial charge in [0.1, 0.15) is 0 Å². The van der Waals surface area contributed by atoms with Crippen LogP contribution in [0.3, 0.4) is 0 Å². The van der Waals surface area contributed by atoms with Crippen molar-refractivity contribution in [2.45, 2.75) is 26.8 Å². The lowest BCUT2D eigenvalue weighted by Gasteiger charge is -2.22. The van der Waals surface area contributed by atoms with Gasteiger partial charge in [0.2, 0.25) is 5.91 Å². The van der Waals surface area contributed by atoms with Crippen LogP contribution >= 0.6 is 0 Å². The molecule has 0 unspecified atom stereocenters. The second kappa shape index (κ2) is 8.61. The van der Waals surface area contributed by atoms with Gasteiger partial charge in [0.25, 0.3) is 5.91 Å². The molecule has 6 nitrogen and oxygen atoms in total. The topological polar surface area (TPSA) is 75.2 Å². The predicted octanol–water partition coefficient (Wildman–Crippen LogP) is 3.28. The number of rotatable bonds is 6. The van der Waals surface area contributed by atoms with Gasteiger partial charge in [-0.15, -0.1) is 0 Å². The van der Waals surface area contributed by atoms with E-state index in [0.717, 1.165) is 16.5 Å². The van der Waals surface area contributed by atoms with E-state index in [2.05, 4.69) is 15.3 Å². The van der Waals surface area contributed by atoms with Crippen LogP contribution in [0.5, 0.6) is 0 Å². The summed E-state index contributed by atoms with van der Waals surface area (Å²) in [6.45, 7) is 6.11. The summed E-state index contributed by atoms with van der Waals surface area (Å²) in [5, 5.41) is 3.60. The largest absolute Gasteiger partial charge is 0.352 e. The van der Waals surface area contributed by atoms with Crippen molar-refractivity contribution in [3.05, 3.63) is 60.4 Å². The van der Waals surface area contributed by atoms with Gasteiger partial charge in [-0.2, -0.15) is 0 Å². The highest BCUT2D eigenvalue weighted by atomic mass is 16.2. The number of para-hydroxylation sites is 1. The first-order valence-corrected chi connectivity index (χ1v) is 9.38. The van der Waals surface area contributed by atoms with Crippen molar-refractivity contribution in [3.8, 4) is 11.3 Å². The Labute approximate surface area is 164 Å². The van der Waals surface area contributed by atoms with Crippen molar-refractivity contribution in [2.24, 2.45) is 0 Å². The van der Waals surface area contributed by atoms with Crippen molar-refractivity contribution in [1.29, 1.82) is 0 Å². The van der Waals surface area contributed by atoms with Gasteiger partial charge < -0.3 is 10.2 Å². The van der Waals surface area contributed by atoms with E-state index in [1.54, 1.807) is 23.4 Å². The molecule has 3 rings (SSSR count). The number of carbonyl (C=O) groups excluding carboxylic acids is 2. The zero-order valence-corrected chi connectivity index (χ0v) is 16.3. The van der Waals surface area contributed by atoms with Gasteiger partial charge in [-0.3, -0.25) is 14.6 Å². The molecule has 0 atom stereocenters. The summed E-state index contributed by atoms with van der Waals surface area (Å²) < 4.78 is 0. The Morgan fingerprint density at radius 1 is 1.14 bits per heavy atom. The molecule has 0 saturated heterocycles. The second-order valence-electron chi connectivity index (χ2n) is 6.86. The molecule has 0 saturated carbocycles. The third-order valence-electron chi connectivity index (χ3n) is 4.36. The van der Waals surface area contributed by atoms with Crippen LogP contribution in [0.1, 0.15) is 31.1 Å². The van der Waals surface area contributed by atoms with Crippen LogP contribution in [0.25, 0.3) is 22.2 Å². The van der Waals surface area contributed by atoms with Gasteiger partial charge in [0, 0.05) is 35.9 Å². The first-order chi connectivity index (χ1) is 13.5. The van der Waals surface area contributed by atoms with Gasteiger partial charge in [-0.05, 0) is 45.0 Å². The summed E-state index contributed by atoms with van der Waals surface area (Å²) in [4.78, 5) is 35.9. The number of pyridine rings is 2. The van der Waals surface area contributed by atoms with Gasteiger partial charge >= 0.3 is 0 Å². The third kappa shape index (κ3) is 4.34. The summed E-state index contributed by atoms with van der Waals surface area (Å²) in [7, 11) is 0. The molecule has 0 radical (unpaired) electrons. The molecule has 1 N–H and O–H groups in total. The molecule has 2 aromatic heterocycles. The van der Waals surface area contributed by atoms with Gasteiger partial charge in [-0.25, -0.2) is 4.98 Å². The molecular formula is C22H24N4O2. The highest BCUT2D eigenvalue weighted by molar-refractivity contribution is 6.08. The van der Waals surface area contributed by atoms with E-state index in [4.69, 9.17) is 0 Å². The lowest BCUT2D eigenvalue weighted by atomic mass is 10.0. The smallest absolute Gasteiger partial charge is 0.255 e. The van der Waals surface area contributed by atoms with E-state index in [9.17, 15) is 9.59 Å². The van der Waals surface area contributed by atoms with Crippen molar-refractivity contribution in [3.63, 3.8) is 0 Å². The number of nitrogens with zero attached hydrogens (tertiary/aromatic N) is 3. The Balaban J connectivity index is 2.02. The zero-order chi connectivity index (χ0) is 20.1. The average Bonchev–Trinajstić information content (AvgIpc) is 2.70. The standard InChI is InChI=1S/C22H24N4O2/c1-4-26(14-21(27)24-15(2)3)22(28)18-12-20(16-8-7-11-23-13-16)25-19-10-6-5-9-17(18)19/h5-13,15H,4,14H2,1-3H3,(H,24,27). The molecule has 2 heterocycles. The molecule has 0 bridgehead atoms. The number of hydrogen-bond acceptors (Lipinski definition) is 4. The second-order valence-corrected chi connectivity index (χ2v) is 6.86. The summed E-state index contributed by atoms with van der Waals surface area (Å²) >= 11 is 0. The summed E-state index contributed by atoms with van der Waals surface area (Å²) in [5.74, 6) is -0.360. The maximum absolute atomic E-state index is 13.3. The minimum Gasteiger partial charge on any atom is -0.352 e. The number of carbonyl (C=O) groups is 2. The Bertz CT molecular complexity index is 986. The Morgan fingerprint density at radius 2 is 1.93 bits per heavy atom. The van der Waals surface area contributed by atoms with Crippen LogP contribution < -0.4 is 5.32 Å². The van der Waals surface area contributed by atoms with Crippen molar-refractivity contribution in [2.75, 3.05) is 13.1 Å². The van der Waals surface area contributed by atoms with Crippen molar-refractivity contribution >= 4 is 22.7 Å². The van der Waals surface area contributed by atoms with E-state index < -0.39 is 0 Å². The van der Waals surface area contributed by atoms with Gasteiger partial charge in [0.05, 0.1) is 23.3 Å². The number of hydrogen-bond donors (Lipinski definition) is 1. The van der Waals surface area contributed by atoms with Crippen LogP contribution in [-0.2, 0) is 4.79 Å². The summed E-state index contributed by atoms with van der Waals surface area (Å²) in [6.07, 6.45) is 3.42. The molecule has 3 aromatic rings. The van der Waals surface area contributed by atoms with Gasteiger partial charge in [-0.1, -0.05) is 18.2 Å². The number of nitrogens with one attached hydrogen (secondary N) is 1. The number of fused-ring (bicyclic) bond motifs is 1. The van der Waals surface area contributed by atoms with Crippen LogP contribution in [0, 0.1) is 0 Å². The quantitative estimate of drug-likeness (QED) is 0.716. The molecule has 0 spiro atoms. The van der Waals surface area contributed by atoms with Crippen LogP contribution in [-0.4, -0.2) is 45.8 Å². The molecule has 28 heavy (non-hydrogen) atoms. The number of amides is 2. The predicted molar refractivity (Wildman–Crippen MR) is 110 cm³/mol. The normalized spacial score (nSPS) is 10.9. The van der Waals surface area contributed by atoms with Crippen molar-refractivity contribution in [1.82, 2.24) is 20.2 Å². The maximum Gasteiger partial charge on any atom is 0.255 e. The first kappa shape index (κ1) is 19.5. The number of likely N-dealkylation sites (N-methyl/N-ethyl adjacent to an activating group) is 1. The minimum absolute atomic E-state index is 0.0202. The average molecular weight is 376 g/mol. The van der Waals surface area contributed by atoms with E-state index in [1.165, 1.54) is 0 Å². The monoisotopic (exact) mass is 376 g/mol.